The van der Waals surface area contributed by atoms with E-state index in [1.165, 1.54) is 25.1 Å². The first-order valence-electron chi connectivity index (χ1n) is 6.69. The molecule has 0 fully saturated rings. The van der Waals surface area contributed by atoms with Crippen molar-refractivity contribution >= 4 is 23.4 Å². The molecule has 0 saturated heterocycles. The van der Waals surface area contributed by atoms with Gasteiger partial charge >= 0.3 is 5.97 Å². The lowest BCUT2D eigenvalue weighted by Gasteiger charge is -2.13. The number of carbonyl (C=O) groups is 2. The summed E-state index contributed by atoms with van der Waals surface area (Å²) in [6.07, 6.45) is -0.964. The summed E-state index contributed by atoms with van der Waals surface area (Å²) in [7, 11) is 0. The molecule has 5 heteroatoms. The van der Waals surface area contributed by atoms with Gasteiger partial charge in [-0.3, -0.25) is 4.79 Å². The summed E-state index contributed by atoms with van der Waals surface area (Å²) in [4.78, 5) is 24.2. The van der Waals surface area contributed by atoms with Crippen molar-refractivity contribution < 1.29 is 19.4 Å². The Labute approximate surface area is 133 Å². The minimum Gasteiger partial charge on any atom is -0.507 e. The van der Waals surface area contributed by atoms with E-state index in [1.54, 1.807) is 12.1 Å². The van der Waals surface area contributed by atoms with Crippen LogP contribution in [0.5, 0.6) is 5.75 Å². The zero-order valence-corrected chi connectivity index (χ0v) is 12.9. The Balaban J connectivity index is 2.12. The van der Waals surface area contributed by atoms with Gasteiger partial charge in [0.2, 0.25) is 5.78 Å². The third kappa shape index (κ3) is 3.65. The van der Waals surface area contributed by atoms with Gasteiger partial charge in [-0.2, -0.15) is 0 Å². The molecule has 1 atom stereocenters. The number of carbonyl (C=O) groups excluding carboxylic acids is 2. The number of phenolic OH excluding ortho intramolecular Hbond substituents is 1. The molecule has 1 N–H and O–H groups in total. The third-order valence-electron chi connectivity index (χ3n) is 3.17. The highest BCUT2D eigenvalue weighted by Crippen LogP contribution is 2.23. The molecule has 0 aliphatic carbocycles. The number of halogens is 1. The van der Waals surface area contributed by atoms with Crippen LogP contribution in [0.1, 0.15) is 33.2 Å². The SMILES string of the molecule is Cc1ccc(C(=O)[C@@H](C)OC(=O)c2cc(Cl)ccc2O)cc1. The molecule has 0 bridgehead atoms. The fraction of sp³-hybridized carbons (Fsp3) is 0.176. The molecule has 0 amide bonds. The molecule has 0 unspecified atom stereocenters. The smallest absolute Gasteiger partial charge is 0.342 e. The van der Waals surface area contributed by atoms with Gasteiger partial charge in [-0.1, -0.05) is 41.4 Å². The lowest BCUT2D eigenvalue weighted by Crippen LogP contribution is -2.24. The van der Waals surface area contributed by atoms with Crippen LogP contribution in [0.3, 0.4) is 0 Å². The number of ether oxygens (including phenoxy) is 1. The van der Waals surface area contributed by atoms with Crippen molar-refractivity contribution in [2.24, 2.45) is 0 Å². The van der Waals surface area contributed by atoms with Crippen molar-refractivity contribution in [2.45, 2.75) is 20.0 Å². The fourth-order valence-corrected chi connectivity index (χ4v) is 2.07. The molecule has 22 heavy (non-hydrogen) atoms. The Hall–Kier alpha value is -2.33. The molecule has 4 nitrogen and oxygen atoms in total. The van der Waals surface area contributed by atoms with Crippen molar-refractivity contribution in [1.82, 2.24) is 0 Å². The maximum Gasteiger partial charge on any atom is 0.342 e. The fourth-order valence-electron chi connectivity index (χ4n) is 1.90. The molecule has 0 aromatic heterocycles. The average molecular weight is 319 g/mol. The van der Waals surface area contributed by atoms with Gasteiger partial charge in [-0.25, -0.2) is 4.79 Å². The molecule has 0 aliphatic heterocycles. The van der Waals surface area contributed by atoms with Crippen molar-refractivity contribution in [2.75, 3.05) is 0 Å². The van der Waals surface area contributed by atoms with E-state index in [4.69, 9.17) is 16.3 Å². The number of benzene rings is 2. The number of hydrogen-bond donors (Lipinski definition) is 1. The molecule has 2 rings (SSSR count). The molecule has 0 aliphatic rings. The molecule has 2 aromatic carbocycles. The number of aryl methyl sites for hydroxylation is 1. The number of rotatable bonds is 4. The van der Waals surface area contributed by atoms with Crippen LogP contribution in [0, 0.1) is 6.92 Å². The first-order valence-corrected chi connectivity index (χ1v) is 7.06. The van der Waals surface area contributed by atoms with E-state index in [-0.39, 0.29) is 17.1 Å². The number of Topliss-reactive ketones (excluding diaryl/α,β-unsaturated/α-hetero) is 1. The van der Waals surface area contributed by atoms with Gasteiger partial charge in [0, 0.05) is 10.6 Å². The van der Waals surface area contributed by atoms with E-state index in [0.717, 1.165) is 5.56 Å². The van der Waals surface area contributed by atoms with Crippen LogP contribution in [0.25, 0.3) is 0 Å². The van der Waals surface area contributed by atoms with Crippen LogP contribution in [-0.2, 0) is 4.74 Å². The molecular weight excluding hydrogens is 304 g/mol. The minimum absolute atomic E-state index is 0.0731. The number of esters is 1. The first kappa shape index (κ1) is 16.0. The summed E-state index contributed by atoms with van der Waals surface area (Å²) < 4.78 is 5.11. The molecular formula is C17H15ClO4. The summed E-state index contributed by atoms with van der Waals surface area (Å²) in [6, 6.07) is 11.0. The summed E-state index contributed by atoms with van der Waals surface area (Å²) in [5, 5.41) is 9.95. The van der Waals surface area contributed by atoms with E-state index in [1.807, 2.05) is 19.1 Å². The standard InChI is InChI=1S/C17H15ClO4/c1-10-3-5-12(6-4-10)16(20)11(2)22-17(21)14-9-13(18)7-8-15(14)19/h3-9,11,19H,1-2H3/t11-/m1/s1. The normalized spacial score (nSPS) is 11.8. The zero-order chi connectivity index (χ0) is 16.3. The molecule has 0 saturated carbocycles. The van der Waals surface area contributed by atoms with Crippen LogP contribution in [0.15, 0.2) is 42.5 Å². The number of aromatic hydroxyl groups is 1. The lowest BCUT2D eigenvalue weighted by atomic mass is 10.1. The monoisotopic (exact) mass is 318 g/mol. The van der Waals surface area contributed by atoms with E-state index in [0.29, 0.717) is 10.6 Å². The molecule has 0 spiro atoms. The Morgan fingerprint density at radius 1 is 1.14 bits per heavy atom. The van der Waals surface area contributed by atoms with Gasteiger partial charge in [0.05, 0.1) is 0 Å². The number of hydrogen-bond acceptors (Lipinski definition) is 4. The maximum absolute atomic E-state index is 12.2. The summed E-state index contributed by atoms with van der Waals surface area (Å²) in [5.74, 6) is -1.35. The van der Waals surface area contributed by atoms with Gasteiger partial charge < -0.3 is 9.84 Å². The molecule has 0 heterocycles. The topological polar surface area (TPSA) is 63.6 Å². The summed E-state index contributed by atoms with van der Waals surface area (Å²) in [5.41, 5.74) is 1.42. The second-order valence-corrected chi connectivity index (χ2v) is 5.38. The highest BCUT2D eigenvalue weighted by atomic mass is 35.5. The van der Waals surface area contributed by atoms with E-state index in [2.05, 4.69) is 0 Å². The van der Waals surface area contributed by atoms with Gasteiger partial charge in [-0.15, -0.1) is 0 Å². The average Bonchev–Trinajstić information content (AvgIpc) is 2.49. The maximum atomic E-state index is 12.2. The highest BCUT2D eigenvalue weighted by Gasteiger charge is 2.22. The van der Waals surface area contributed by atoms with E-state index in [9.17, 15) is 14.7 Å². The van der Waals surface area contributed by atoms with Crippen LogP contribution in [0.2, 0.25) is 5.02 Å². The van der Waals surface area contributed by atoms with Crippen LogP contribution in [0.4, 0.5) is 0 Å². The Kier molecular flexibility index (Phi) is 4.83. The largest absolute Gasteiger partial charge is 0.507 e. The van der Waals surface area contributed by atoms with Crippen molar-refractivity contribution in [1.29, 1.82) is 0 Å². The molecule has 2 aromatic rings. The van der Waals surface area contributed by atoms with Crippen molar-refractivity contribution in [3.05, 3.63) is 64.2 Å². The van der Waals surface area contributed by atoms with E-state index < -0.39 is 12.1 Å². The van der Waals surface area contributed by atoms with Crippen molar-refractivity contribution in [3.63, 3.8) is 0 Å². The quantitative estimate of drug-likeness (QED) is 0.688. The summed E-state index contributed by atoms with van der Waals surface area (Å²) in [6.45, 7) is 3.40. The molecule has 114 valence electrons. The third-order valence-corrected chi connectivity index (χ3v) is 3.40. The zero-order valence-electron chi connectivity index (χ0n) is 12.2. The predicted octanol–water partition coefficient (Wildman–Crippen LogP) is 3.78. The highest BCUT2D eigenvalue weighted by molar-refractivity contribution is 6.31. The number of ketones is 1. The van der Waals surface area contributed by atoms with Crippen molar-refractivity contribution in [3.8, 4) is 5.75 Å². The van der Waals surface area contributed by atoms with Gasteiger partial charge in [0.15, 0.2) is 6.10 Å². The Bertz CT molecular complexity index is 707. The Morgan fingerprint density at radius 2 is 1.77 bits per heavy atom. The van der Waals surface area contributed by atoms with Crippen LogP contribution in [-0.4, -0.2) is 23.0 Å². The number of phenols is 1. The first-order chi connectivity index (χ1) is 10.4. The summed E-state index contributed by atoms with van der Waals surface area (Å²) >= 11 is 5.78. The lowest BCUT2D eigenvalue weighted by molar-refractivity contribution is 0.0316. The van der Waals surface area contributed by atoms with Gasteiger partial charge in [0.1, 0.15) is 11.3 Å². The van der Waals surface area contributed by atoms with E-state index >= 15 is 0 Å². The Morgan fingerprint density at radius 3 is 2.41 bits per heavy atom. The van der Waals surface area contributed by atoms with Crippen LogP contribution < -0.4 is 0 Å². The molecule has 0 radical (unpaired) electrons. The van der Waals surface area contributed by atoms with Crippen LogP contribution >= 0.6 is 11.6 Å². The second kappa shape index (κ2) is 6.62. The predicted molar refractivity (Wildman–Crippen MR) is 83.5 cm³/mol. The minimum atomic E-state index is -0.964. The van der Waals surface area contributed by atoms with Gasteiger partial charge in [-0.05, 0) is 32.0 Å². The van der Waals surface area contributed by atoms with Gasteiger partial charge in [0.25, 0.3) is 0 Å². The second-order valence-electron chi connectivity index (χ2n) is 4.94.